The molecule has 0 radical (unpaired) electrons. The second-order valence-corrected chi connectivity index (χ2v) is 7.30. The van der Waals surface area contributed by atoms with Gasteiger partial charge in [-0.05, 0) is 43.0 Å². The number of hydrogen-bond donors (Lipinski definition) is 3. The van der Waals surface area contributed by atoms with Gasteiger partial charge in [0.1, 0.15) is 11.4 Å². The molecule has 0 saturated carbocycles. The highest BCUT2D eigenvalue weighted by molar-refractivity contribution is 7.10. The van der Waals surface area contributed by atoms with E-state index in [2.05, 4.69) is 15.6 Å². The number of benzene rings is 1. The lowest BCUT2D eigenvalue weighted by molar-refractivity contribution is -0.153. The quantitative estimate of drug-likeness (QED) is 0.455. The summed E-state index contributed by atoms with van der Waals surface area (Å²) < 4.78 is 41.6. The van der Waals surface area contributed by atoms with E-state index in [-0.39, 0.29) is 18.8 Å². The molecule has 2 rings (SSSR count). The molecule has 9 heteroatoms. The minimum absolute atomic E-state index is 0.142. The molecule has 0 spiro atoms. The number of ether oxygens (including phenoxy) is 1. The molecule has 28 heavy (non-hydrogen) atoms. The predicted molar refractivity (Wildman–Crippen MR) is 105 cm³/mol. The maximum atomic E-state index is 12.3. The van der Waals surface area contributed by atoms with Crippen LogP contribution in [0.2, 0.25) is 0 Å². The Hall–Kier alpha value is -2.26. The Balaban J connectivity index is 1.98. The maximum Gasteiger partial charge on any atom is 0.422 e. The third kappa shape index (κ3) is 7.40. The number of guanidine groups is 1. The molecule has 154 valence electrons. The topological polar surface area (TPSA) is 65.9 Å². The van der Waals surface area contributed by atoms with Gasteiger partial charge in [0.2, 0.25) is 0 Å². The van der Waals surface area contributed by atoms with Gasteiger partial charge in [-0.1, -0.05) is 18.2 Å². The fourth-order valence-corrected chi connectivity index (χ4v) is 3.13. The summed E-state index contributed by atoms with van der Waals surface area (Å²) in [5, 5.41) is 18.7. The second-order valence-electron chi connectivity index (χ2n) is 6.35. The molecule has 3 N–H and O–H groups in total. The van der Waals surface area contributed by atoms with Crippen LogP contribution in [-0.2, 0) is 12.1 Å². The summed E-state index contributed by atoms with van der Waals surface area (Å²) in [4.78, 5) is 5.27. The van der Waals surface area contributed by atoms with Crippen LogP contribution in [0.15, 0.2) is 46.8 Å². The Kier molecular flexibility index (Phi) is 7.70. The number of hydrogen-bond acceptors (Lipinski definition) is 4. The zero-order valence-electron chi connectivity index (χ0n) is 15.7. The molecule has 0 aliphatic carbocycles. The molecule has 0 saturated heterocycles. The molecule has 1 aromatic carbocycles. The van der Waals surface area contributed by atoms with E-state index in [4.69, 9.17) is 4.74 Å². The van der Waals surface area contributed by atoms with Crippen LogP contribution in [0.1, 0.15) is 24.3 Å². The molecule has 0 aliphatic rings. The molecule has 0 fully saturated rings. The van der Waals surface area contributed by atoms with Crippen LogP contribution in [0.3, 0.4) is 0 Å². The number of alkyl halides is 3. The first-order valence-electron chi connectivity index (χ1n) is 8.76. The van der Waals surface area contributed by atoms with Gasteiger partial charge in [0.15, 0.2) is 12.6 Å². The fourth-order valence-electron chi connectivity index (χ4n) is 2.34. The zero-order valence-corrected chi connectivity index (χ0v) is 16.5. The normalized spacial score (nSPS) is 14.4. The molecule has 1 unspecified atom stereocenters. The first-order valence-corrected chi connectivity index (χ1v) is 9.64. The molecule has 0 aliphatic heterocycles. The van der Waals surface area contributed by atoms with Gasteiger partial charge in [0.05, 0.1) is 13.1 Å². The van der Waals surface area contributed by atoms with Crippen molar-refractivity contribution >= 4 is 17.3 Å². The van der Waals surface area contributed by atoms with Gasteiger partial charge in [0, 0.05) is 11.4 Å². The summed E-state index contributed by atoms with van der Waals surface area (Å²) in [6, 6.07) is 10.1. The summed E-state index contributed by atoms with van der Waals surface area (Å²) in [7, 11) is 0. The van der Waals surface area contributed by atoms with Gasteiger partial charge < -0.3 is 20.5 Å². The Morgan fingerprint density at radius 2 is 2.00 bits per heavy atom. The molecule has 0 amide bonds. The number of nitrogens with one attached hydrogen (secondary N) is 2. The van der Waals surface area contributed by atoms with Gasteiger partial charge in [-0.15, -0.1) is 11.3 Å². The lowest BCUT2D eigenvalue weighted by atomic mass is 10.1. The van der Waals surface area contributed by atoms with E-state index in [9.17, 15) is 18.3 Å². The van der Waals surface area contributed by atoms with E-state index >= 15 is 0 Å². The Morgan fingerprint density at radius 3 is 2.64 bits per heavy atom. The monoisotopic (exact) mass is 415 g/mol. The predicted octanol–water partition coefficient (Wildman–Crippen LogP) is 3.65. The van der Waals surface area contributed by atoms with Crippen LogP contribution in [0.5, 0.6) is 5.75 Å². The summed E-state index contributed by atoms with van der Waals surface area (Å²) in [5.41, 5.74) is -0.336. The number of rotatable bonds is 8. The fraction of sp³-hybridized carbons (Fsp3) is 0.421. The second kappa shape index (κ2) is 9.79. The highest BCUT2D eigenvalue weighted by atomic mass is 32.1. The van der Waals surface area contributed by atoms with Crippen LogP contribution in [0.4, 0.5) is 13.2 Å². The highest BCUT2D eigenvalue weighted by Gasteiger charge is 2.28. The van der Waals surface area contributed by atoms with Crippen molar-refractivity contribution in [3.05, 3.63) is 52.2 Å². The Bertz CT molecular complexity index is 762. The number of thiophene rings is 1. The van der Waals surface area contributed by atoms with Crippen molar-refractivity contribution in [2.45, 2.75) is 32.2 Å². The number of halogens is 3. The molecule has 1 atom stereocenters. The van der Waals surface area contributed by atoms with Crippen molar-refractivity contribution in [3.63, 3.8) is 0 Å². The van der Waals surface area contributed by atoms with Crippen LogP contribution < -0.4 is 15.4 Å². The minimum atomic E-state index is -4.38. The average Bonchev–Trinajstić information content (AvgIpc) is 3.18. The number of nitrogens with zero attached hydrogens (tertiary/aromatic N) is 1. The molecular weight excluding hydrogens is 391 g/mol. The van der Waals surface area contributed by atoms with Crippen molar-refractivity contribution in [2.24, 2.45) is 4.99 Å². The van der Waals surface area contributed by atoms with Crippen LogP contribution in [0, 0.1) is 0 Å². The third-order valence-corrected chi connectivity index (χ3v) is 4.84. The minimum Gasteiger partial charge on any atom is -0.484 e. The van der Waals surface area contributed by atoms with Crippen LogP contribution in [0.25, 0.3) is 0 Å². The van der Waals surface area contributed by atoms with E-state index in [0.29, 0.717) is 18.1 Å². The third-order valence-electron chi connectivity index (χ3n) is 3.72. The van der Waals surface area contributed by atoms with Crippen molar-refractivity contribution in [1.82, 2.24) is 10.6 Å². The first kappa shape index (κ1) is 22.0. The van der Waals surface area contributed by atoms with Crippen molar-refractivity contribution in [3.8, 4) is 5.75 Å². The summed E-state index contributed by atoms with van der Waals surface area (Å²) >= 11 is 1.47. The van der Waals surface area contributed by atoms with Crippen molar-refractivity contribution < 1.29 is 23.0 Å². The van der Waals surface area contributed by atoms with Gasteiger partial charge in [-0.25, -0.2) is 4.99 Å². The Labute approximate surface area is 166 Å². The standard InChI is InChI=1S/C19H24F3N3O2S/c1-3-23-17(25-12-18(2,26)16-8-5-9-28-16)24-11-14-6-4-7-15(10-14)27-13-19(20,21)22/h4-10,26H,3,11-13H2,1-2H3,(H2,23,24,25). The maximum absolute atomic E-state index is 12.3. The first-order chi connectivity index (χ1) is 13.2. The van der Waals surface area contributed by atoms with Gasteiger partial charge in [0.25, 0.3) is 0 Å². The lowest BCUT2D eigenvalue weighted by Crippen LogP contribution is -2.44. The molecule has 5 nitrogen and oxygen atoms in total. The van der Waals surface area contributed by atoms with Gasteiger partial charge in [-0.3, -0.25) is 0 Å². The molecular formula is C19H24F3N3O2S. The molecule has 0 bridgehead atoms. The van der Waals surface area contributed by atoms with Crippen molar-refractivity contribution in [2.75, 3.05) is 19.7 Å². The largest absolute Gasteiger partial charge is 0.484 e. The lowest BCUT2D eigenvalue weighted by Gasteiger charge is -2.23. The van der Waals surface area contributed by atoms with E-state index in [1.54, 1.807) is 19.1 Å². The van der Waals surface area contributed by atoms with E-state index in [1.165, 1.54) is 23.5 Å². The summed E-state index contributed by atoms with van der Waals surface area (Å²) in [6.07, 6.45) is -4.38. The molecule has 1 heterocycles. The van der Waals surface area contributed by atoms with Gasteiger partial charge >= 0.3 is 6.18 Å². The van der Waals surface area contributed by atoms with E-state index in [1.807, 2.05) is 24.4 Å². The Morgan fingerprint density at radius 1 is 1.21 bits per heavy atom. The van der Waals surface area contributed by atoms with Crippen molar-refractivity contribution in [1.29, 1.82) is 0 Å². The smallest absolute Gasteiger partial charge is 0.422 e. The van der Waals surface area contributed by atoms with E-state index in [0.717, 1.165) is 4.88 Å². The zero-order chi connectivity index (χ0) is 20.6. The number of aliphatic imine (C=N–C) groups is 1. The average molecular weight is 415 g/mol. The summed E-state index contributed by atoms with van der Waals surface area (Å²) in [6.45, 7) is 3.44. The SMILES string of the molecule is CCNC(=NCc1cccc(OCC(F)(F)F)c1)NCC(C)(O)c1cccs1. The highest BCUT2D eigenvalue weighted by Crippen LogP contribution is 2.24. The van der Waals surface area contributed by atoms with Crippen LogP contribution >= 0.6 is 11.3 Å². The molecule has 2 aromatic rings. The van der Waals surface area contributed by atoms with Crippen LogP contribution in [-0.4, -0.2) is 36.9 Å². The number of aliphatic hydroxyl groups is 1. The summed E-state index contributed by atoms with van der Waals surface area (Å²) in [5.74, 6) is 0.643. The van der Waals surface area contributed by atoms with E-state index < -0.39 is 18.4 Å². The molecule has 1 aromatic heterocycles. The van der Waals surface area contributed by atoms with Gasteiger partial charge in [-0.2, -0.15) is 13.2 Å².